The first kappa shape index (κ1) is 18.3. The molecule has 0 aliphatic carbocycles. The van der Waals surface area contributed by atoms with Crippen LogP contribution in [0.15, 0.2) is 47.5 Å². The van der Waals surface area contributed by atoms with Crippen molar-refractivity contribution in [3.05, 3.63) is 59.3 Å². The van der Waals surface area contributed by atoms with Crippen LogP contribution in [0.4, 0.5) is 0 Å². The Morgan fingerprint density at radius 2 is 1.77 bits per heavy atom. The first-order valence-electron chi connectivity index (χ1n) is 8.46. The van der Waals surface area contributed by atoms with E-state index in [1.807, 2.05) is 32.9 Å². The van der Waals surface area contributed by atoms with Gasteiger partial charge in [-0.2, -0.15) is 0 Å². The number of ether oxygens (including phenoxy) is 2. The van der Waals surface area contributed by atoms with Crippen LogP contribution in [-0.4, -0.2) is 25.9 Å². The van der Waals surface area contributed by atoms with Crippen LogP contribution in [-0.2, 0) is 16.6 Å². The Hall–Kier alpha value is -2.47. The molecule has 0 unspecified atom stereocenters. The number of sulfonamides is 1. The van der Waals surface area contributed by atoms with Crippen molar-refractivity contribution in [2.45, 2.75) is 38.3 Å². The molecule has 6 heteroatoms. The zero-order valence-corrected chi connectivity index (χ0v) is 16.2. The zero-order chi connectivity index (χ0) is 18.9. The van der Waals surface area contributed by atoms with Crippen LogP contribution in [0.3, 0.4) is 0 Å². The first-order valence-corrected chi connectivity index (χ1v) is 9.90. The van der Waals surface area contributed by atoms with Gasteiger partial charge in [0.25, 0.3) is 10.0 Å². The lowest BCUT2D eigenvalue weighted by molar-refractivity contribution is 0.229. The van der Waals surface area contributed by atoms with Gasteiger partial charge in [0.1, 0.15) is 0 Å². The second-order valence-corrected chi connectivity index (χ2v) is 8.41. The molecular weight excluding hydrogens is 350 g/mol. The van der Waals surface area contributed by atoms with Gasteiger partial charge in [0.2, 0.25) is 0 Å². The van der Waals surface area contributed by atoms with Crippen LogP contribution in [0, 0.1) is 6.92 Å². The summed E-state index contributed by atoms with van der Waals surface area (Å²) in [6.07, 6.45) is 3.34. The van der Waals surface area contributed by atoms with Crippen molar-refractivity contribution >= 4 is 16.1 Å². The molecule has 0 saturated carbocycles. The number of hydrogen-bond acceptors (Lipinski definition) is 4. The Morgan fingerprint density at radius 1 is 1.08 bits per heavy atom. The molecule has 0 saturated heterocycles. The highest BCUT2D eigenvalue weighted by molar-refractivity contribution is 7.89. The van der Waals surface area contributed by atoms with Crippen molar-refractivity contribution in [1.82, 2.24) is 4.31 Å². The molecule has 0 atom stereocenters. The number of hydrogen-bond donors (Lipinski definition) is 0. The molecule has 0 bridgehead atoms. The lowest BCUT2D eigenvalue weighted by Gasteiger charge is -2.27. The van der Waals surface area contributed by atoms with Crippen LogP contribution in [0.5, 0.6) is 11.5 Å². The molecule has 26 heavy (non-hydrogen) atoms. The minimum atomic E-state index is -3.60. The van der Waals surface area contributed by atoms with E-state index in [2.05, 4.69) is 0 Å². The fraction of sp³-hybridized carbons (Fsp3) is 0.300. The number of benzene rings is 2. The third kappa shape index (κ3) is 3.42. The summed E-state index contributed by atoms with van der Waals surface area (Å²) in [5.41, 5.74) is 2.75. The summed E-state index contributed by atoms with van der Waals surface area (Å²) in [4.78, 5) is 0.281. The minimum Gasteiger partial charge on any atom is -0.493 e. The summed E-state index contributed by atoms with van der Waals surface area (Å²) in [5, 5.41) is 0. The van der Waals surface area contributed by atoms with Crippen molar-refractivity contribution in [1.29, 1.82) is 0 Å². The maximum Gasteiger partial charge on any atom is 0.264 e. The zero-order valence-electron chi connectivity index (χ0n) is 15.4. The number of nitrogens with zero attached hydrogens (tertiary/aromatic N) is 1. The number of fused-ring (bicyclic) bond motifs is 1. The van der Waals surface area contributed by atoms with Crippen molar-refractivity contribution in [2.75, 3.05) is 7.11 Å². The van der Waals surface area contributed by atoms with Crippen molar-refractivity contribution < 1.29 is 17.9 Å². The van der Waals surface area contributed by atoms with Gasteiger partial charge in [-0.25, -0.2) is 8.42 Å². The molecule has 2 aromatic carbocycles. The van der Waals surface area contributed by atoms with Crippen molar-refractivity contribution in [3.63, 3.8) is 0 Å². The van der Waals surface area contributed by atoms with E-state index in [9.17, 15) is 8.42 Å². The van der Waals surface area contributed by atoms with E-state index in [1.165, 1.54) is 4.31 Å². The highest BCUT2D eigenvalue weighted by Crippen LogP contribution is 2.38. The number of methoxy groups -OCH3 is 1. The molecule has 138 valence electrons. The van der Waals surface area contributed by atoms with Crippen molar-refractivity contribution in [3.8, 4) is 11.5 Å². The lowest BCUT2D eigenvalue weighted by Crippen LogP contribution is -2.28. The Morgan fingerprint density at radius 3 is 2.38 bits per heavy atom. The van der Waals surface area contributed by atoms with Gasteiger partial charge in [-0.1, -0.05) is 23.8 Å². The Bertz CT molecular complexity index is 931. The summed E-state index contributed by atoms with van der Waals surface area (Å²) in [5.74, 6) is 1.28. The van der Waals surface area contributed by atoms with Gasteiger partial charge in [-0.15, -0.1) is 0 Å². The average molecular weight is 373 g/mol. The largest absolute Gasteiger partial charge is 0.493 e. The number of rotatable bonds is 5. The normalized spacial score (nSPS) is 13.7. The highest BCUT2D eigenvalue weighted by Gasteiger charge is 2.27. The molecular formula is C20H23NO4S. The van der Waals surface area contributed by atoms with Crippen LogP contribution in [0.25, 0.3) is 6.08 Å². The fourth-order valence-electron chi connectivity index (χ4n) is 2.85. The van der Waals surface area contributed by atoms with Gasteiger partial charge < -0.3 is 9.47 Å². The van der Waals surface area contributed by atoms with E-state index in [4.69, 9.17) is 9.47 Å². The summed E-state index contributed by atoms with van der Waals surface area (Å²) in [7, 11) is -2.01. The third-order valence-corrected chi connectivity index (χ3v) is 5.92. The molecule has 0 radical (unpaired) electrons. The van der Waals surface area contributed by atoms with E-state index < -0.39 is 10.0 Å². The van der Waals surface area contributed by atoms with E-state index in [0.29, 0.717) is 11.5 Å². The molecule has 1 aliphatic heterocycles. The maximum atomic E-state index is 12.9. The molecule has 0 amide bonds. The van der Waals surface area contributed by atoms with E-state index in [1.54, 1.807) is 43.7 Å². The molecule has 0 aromatic heterocycles. The van der Waals surface area contributed by atoms with Gasteiger partial charge in [0.15, 0.2) is 11.5 Å². The predicted molar refractivity (Wildman–Crippen MR) is 102 cm³/mol. The Balaban J connectivity index is 1.98. The van der Waals surface area contributed by atoms with Gasteiger partial charge in [-0.05, 0) is 50.6 Å². The summed E-state index contributed by atoms with van der Waals surface area (Å²) in [6, 6.07) is 10.6. The van der Waals surface area contributed by atoms with E-state index >= 15 is 0 Å². The quantitative estimate of drug-likeness (QED) is 0.796. The highest BCUT2D eigenvalue weighted by atomic mass is 32.2. The summed E-state index contributed by atoms with van der Waals surface area (Å²) >= 11 is 0. The van der Waals surface area contributed by atoms with Gasteiger partial charge in [0, 0.05) is 11.8 Å². The third-order valence-electron chi connectivity index (χ3n) is 4.18. The minimum absolute atomic E-state index is 0.0156. The SMILES string of the molecule is COc1ccc2c(c1OC(C)C)C=CN(S(=O)(=O)c1ccc(C)cc1)C2. The molecule has 3 rings (SSSR count). The van der Waals surface area contributed by atoms with E-state index in [0.717, 1.165) is 16.7 Å². The Labute approximate surface area is 154 Å². The fourth-order valence-corrected chi connectivity index (χ4v) is 4.13. The predicted octanol–water partition coefficient (Wildman–Crippen LogP) is 3.97. The average Bonchev–Trinajstić information content (AvgIpc) is 2.61. The Kier molecular flexibility index (Phi) is 4.96. The van der Waals surface area contributed by atoms with Crippen LogP contribution in [0.2, 0.25) is 0 Å². The standard InChI is InChI=1S/C20H23NO4S/c1-14(2)25-20-18-11-12-21(13-16(18)7-10-19(20)24-4)26(22,23)17-8-5-15(3)6-9-17/h5-12,14H,13H2,1-4H3. The van der Waals surface area contributed by atoms with Gasteiger partial charge in [0.05, 0.1) is 24.7 Å². The summed E-state index contributed by atoms with van der Waals surface area (Å²) < 4.78 is 38.5. The smallest absolute Gasteiger partial charge is 0.264 e. The molecule has 2 aromatic rings. The van der Waals surface area contributed by atoms with Gasteiger partial charge >= 0.3 is 0 Å². The van der Waals surface area contributed by atoms with Crippen LogP contribution in [0.1, 0.15) is 30.5 Å². The first-order chi connectivity index (χ1) is 12.3. The second kappa shape index (κ2) is 7.03. The molecule has 5 nitrogen and oxygen atoms in total. The lowest BCUT2D eigenvalue weighted by atomic mass is 10.0. The number of aryl methyl sites for hydroxylation is 1. The van der Waals surface area contributed by atoms with Crippen molar-refractivity contribution in [2.24, 2.45) is 0 Å². The molecule has 0 fully saturated rings. The molecule has 0 spiro atoms. The monoisotopic (exact) mass is 373 g/mol. The topological polar surface area (TPSA) is 55.8 Å². The van der Waals surface area contributed by atoms with Crippen LogP contribution < -0.4 is 9.47 Å². The molecule has 1 aliphatic rings. The van der Waals surface area contributed by atoms with E-state index in [-0.39, 0.29) is 17.5 Å². The summed E-state index contributed by atoms with van der Waals surface area (Å²) in [6.45, 7) is 6.07. The second-order valence-electron chi connectivity index (χ2n) is 6.52. The molecule has 1 heterocycles. The maximum absolute atomic E-state index is 12.9. The van der Waals surface area contributed by atoms with Crippen LogP contribution >= 0.6 is 0 Å². The van der Waals surface area contributed by atoms with Gasteiger partial charge in [-0.3, -0.25) is 4.31 Å². The molecule has 0 N–H and O–H groups in total.